The molecule has 0 radical (unpaired) electrons. The molecule has 1 heterocycles. The molecule has 1 saturated heterocycles. The van der Waals surface area contributed by atoms with Gasteiger partial charge in [-0.15, -0.1) is 0 Å². The fraction of sp³-hybridized carbons (Fsp3) is 0.167. The van der Waals surface area contributed by atoms with Crippen LogP contribution in [0.15, 0.2) is 29.2 Å². The van der Waals surface area contributed by atoms with E-state index in [-0.39, 0.29) is 16.7 Å². The number of thiocarbonyl (C=S) groups is 1. The summed E-state index contributed by atoms with van der Waals surface area (Å²) in [4.78, 5) is 13.5. The third kappa shape index (κ3) is 4.34. The largest absolute Gasteiger partial charge is 0.292 e. The van der Waals surface area contributed by atoms with Crippen molar-refractivity contribution in [1.82, 2.24) is 4.90 Å². The van der Waals surface area contributed by atoms with E-state index >= 15 is 0 Å². The maximum Gasteiger partial charge on any atom is 0.266 e. The van der Waals surface area contributed by atoms with E-state index in [0.29, 0.717) is 10.5 Å². The number of rotatable bonds is 4. The summed E-state index contributed by atoms with van der Waals surface area (Å²) in [5.74, 6) is -1.39. The monoisotopic (exact) mass is 347 g/mol. The minimum absolute atomic E-state index is 0.204. The number of hydrogen-bond acceptors (Lipinski definition) is 5. The van der Waals surface area contributed by atoms with Gasteiger partial charge in [0.25, 0.3) is 16.0 Å². The van der Waals surface area contributed by atoms with Crippen molar-refractivity contribution < 1.29 is 22.2 Å². The van der Waals surface area contributed by atoms with Crippen LogP contribution in [0.25, 0.3) is 6.08 Å². The first kappa shape index (κ1) is 16.1. The number of benzene rings is 1. The molecule has 1 aliphatic heterocycles. The second kappa shape index (κ2) is 6.22. The first-order chi connectivity index (χ1) is 9.76. The summed E-state index contributed by atoms with van der Waals surface area (Å²) >= 11 is 6.04. The normalized spacial score (nSPS) is 17.8. The summed E-state index contributed by atoms with van der Waals surface area (Å²) in [5, 5.41) is 0. The van der Waals surface area contributed by atoms with Gasteiger partial charge in [-0.05, 0) is 23.8 Å². The van der Waals surface area contributed by atoms with Crippen molar-refractivity contribution >= 4 is 50.4 Å². The Morgan fingerprint density at radius 3 is 2.52 bits per heavy atom. The lowest BCUT2D eigenvalue weighted by Gasteiger charge is -2.12. The molecule has 0 aromatic heterocycles. The van der Waals surface area contributed by atoms with Gasteiger partial charge in [0.1, 0.15) is 10.1 Å². The molecule has 21 heavy (non-hydrogen) atoms. The molecule has 1 aromatic rings. The first-order valence-corrected chi connectivity index (χ1v) is 8.56. The lowest BCUT2D eigenvalue weighted by Crippen LogP contribution is -2.32. The molecule has 0 saturated carbocycles. The van der Waals surface area contributed by atoms with E-state index in [1.807, 2.05) is 0 Å². The molecular weight excluding hydrogens is 337 g/mol. The van der Waals surface area contributed by atoms with Gasteiger partial charge in [-0.1, -0.05) is 36.1 Å². The average molecular weight is 347 g/mol. The lowest BCUT2D eigenvalue weighted by atomic mass is 10.2. The van der Waals surface area contributed by atoms with Crippen molar-refractivity contribution in [2.75, 3.05) is 12.3 Å². The highest BCUT2D eigenvalue weighted by Crippen LogP contribution is 2.32. The van der Waals surface area contributed by atoms with E-state index in [1.54, 1.807) is 6.08 Å². The Labute approximate surface area is 130 Å². The Hall–Kier alpha value is -1.29. The van der Waals surface area contributed by atoms with Gasteiger partial charge >= 0.3 is 0 Å². The van der Waals surface area contributed by atoms with E-state index in [1.165, 1.54) is 24.3 Å². The molecule has 9 heteroatoms. The quantitative estimate of drug-likeness (QED) is 0.509. The van der Waals surface area contributed by atoms with Crippen LogP contribution in [0.4, 0.5) is 4.39 Å². The number of thioether (sulfide) groups is 1. The van der Waals surface area contributed by atoms with Gasteiger partial charge in [-0.2, -0.15) is 8.42 Å². The summed E-state index contributed by atoms with van der Waals surface area (Å²) < 4.78 is 43.2. The Kier molecular flexibility index (Phi) is 4.77. The van der Waals surface area contributed by atoms with Crippen molar-refractivity contribution in [3.05, 3.63) is 40.6 Å². The predicted molar refractivity (Wildman–Crippen MR) is 82.7 cm³/mol. The average Bonchev–Trinajstić information content (AvgIpc) is 2.64. The van der Waals surface area contributed by atoms with Crippen LogP contribution in [0.2, 0.25) is 0 Å². The van der Waals surface area contributed by atoms with Crippen molar-refractivity contribution in [3.8, 4) is 0 Å². The maximum absolute atomic E-state index is 12.8. The molecule has 0 aliphatic carbocycles. The smallest absolute Gasteiger partial charge is 0.266 e. The zero-order chi connectivity index (χ0) is 15.6. The molecule has 0 spiro atoms. The zero-order valence-corrected chi connectivity index (χ0v) is 13.0. The van der Waals surface area contributed by atoms with Crippen LogP contribution in [0.5, 0.6) is 0 Å². The second-order valence-electron chi connectivity index (χ2n) is 4.17. The van der Waals surface area contributed by atoms with Crippen LogP contribution < -0.4 is 0 Å². The van der Waals surface area contributed by atoms with Crippen LogP contribution in [0.1, 0.15) is 5.56 Å². The zero-order valence-electron chi connectivity index (χ0n) is 10.5. The van der Waals surface area contributed by atoms with Crippen molar-refractivity contribution in [2.45, 2.75) is 0 Å². The van der Waals surface area contributed by atoms with E-state index in [4.69, 9.17) is 16.8 Å². The Balaban J connectivity index is 2.15. The maximum atomic E-state index is 12.8. The molecule has 0 bridgehead atoms. The standard InChI is InChI=1S/C12H10FNO4S3/c13-9-3-1-8(2-4-9)7-10-11(15)14(12(19)20-10)5-6-21(16,17)18/h1-4,7H,5-6H2,(H,16,17,18). The van der Waals surface area contributed by atoms with Gasteiger partial charge in [0, 0.05) is 6.54 Å². The molecular formula is C12H10FNO4S3. The van der Waals surface area contributed by atoms with Crippen LogP contribution >= 0.6 is 24.0 Å². The highest BCUT2D eigenvalue weighted by atomic mass is 32.2. The number of amides is 1. The number of carbonyl (C=O) groups excluding carboxylic acids is 1. The second-order valence-corrected chi connectivity index (χ2v) is 7.42. The summed E-state index contributed by atoms with van der Waals surface area (Å²) in [7, 11) is -4.16. The Bertz CT molecular complexity index is 713. The van der Waals surface area contributed by atoms with Gasteiger partial charge in [0.05, 0.1) is 10.7 Å². The topological polar surface area (TPSA) is 74.7 Å². The molecule has 5 nitrogen and oxygen atoms in total. The highest BCUT2D eigenvalue weighted by Gasteiger charge is 2.32. The lowest BCUT2D eigenvalue weighted by molar-refractivity contribution is -0.121. The van der Waals surface area contributed by atoms with Gasteiger partial charge in [-0.3, -0.25) is 14.2 Å². The molecule has 0 unspecified atom stereocenters. The van der Waals surface area contributed by atoms with E-state index in [0.717, 1.165) is 16.7 Å². The fourth-order valence-corrected chi connectivity index (χ4v) is 3.33. The van der Waals surface area contributed by atoms with Crippen LogP contribution in [-0.4, -0.2) is 40.4 Å². The number of hydrogen-bond donors (Lipinski definition) is 1. The van der Waals surface area contributed by atoms with Gasteiger partial charge < -0.3 is 0 Å². The summed E-state index contributed by atoms with van der Waals surface area (Å²) in [6.45, 7) is -0.204. The summed E-state index contributed by atoms with van der Waals surface area (Å²) in [6, 6.07) is 5.57. The molecule has 1 amide bonds. The van der Waals surface area contributed by atoms with Crippen LogP contribution in [-0.2, 0) is 14.9 Å². The van der Waals surface area contributed by atoms with Crippen LogP contribution in [0, 0.1) is 5.82 Å². The van der Waals surface area contributed by atoms with Gasteiger partial charge in [0.15, 0.2) is 0 Å². The summed E-state index contributed by atoms with van der Waals surface area (Å²) in [6.07, 6.45) is 1.55. The van der Waals surface area contributed by atoms with Crippen molar-refractivity contribution in [3.63, 3.8) is 0 Å². The van der Waals surface area contributed by atoms with Gasteiger partial charge in [0.2, 0.25) is 0 Å². The minimum atomic E-state index is -4.16. The molecule has 2 rings (SSSR count). The van der Waals surface area contributed by atoms with Crippen molar-refractivity contribution in [2.24, 2.45) is 0 Å². The SMILES string of the molecule is O=C1C(=Cc2ccc(F)cc2)SC(=S)N1CCS(=O)(=O)O. The predicted octanol–water partition coefficient (Wildman–Crippen LogP) is 1.91. The van der Waals surface area contributed by atoms with Gasteiger partial charge in [-0.25, -0.2) is 4.39 Å². The third-order valence-electron chi connectivity index (χ3n) is 2.61. The number of halogens is 1. The number of nitrogens with zero attached hydrogens (tertiary/aromatic N) is 1. The summed E-state index contributed by atoms with van der Waals surface area (Å²) in [5.41, 5.74) is 0.631. The Morgan fingerprint density at radius 1 is 1.33 bits per heavy atom. The van der Waals surface area contributed by atoms with Crippen molar-refractivity contribution in [1.29, 1.82) is 0 Å². The third-order valence-corrected chi connectivity index (χ3v) is 4.69. The molecule has 1 aromatic carbocycles. The molecule has 112 valence electrons. The van der Waals surface area contributed by atoms with Crippen LogP contribution in [0.3, 0.4) is 0 Å². The first-order valence-electron chi connectivity index (χ1n) is 5.72. The van der Waals surface area contributed by atoms with E-state index in [9.17, 15) is 17.6 Å². The molecule has 0 atom stereocenters. The Morgan fingerprint density at radius 2 is 1.95 bits per heavy atom. The molecule has 1 fully saturated rings. The molecule has 1 N–H and O–H groups in total. The molecule has 1 aliphatic rings. The number of carbonyl (C=O) groups is 1. The fourth-order valence-electron chi connectivity index (χ4n) is 1.61. The van der Waals surface area contributed by atoms with E-state index in [2.05, 4.69) is 0 Å². The highest BCUT2D eigenvalue weighted by molar-refractivity contribution is 8.26. The minimum Gasteiger partial charge on any atom is -0.292 e. The van der Waals surface area contributed by atoms with E-state index < -0.39 is 21.8 Å².